The summed E-state index contributed by atoms with van der Waals surface area (Å²) in [5, 5.41) is 11.6. The number of aromatic nitrogens is 2. The molecule has 0 saturated heterocycles. The van der Waals surface area contributed by atoms with Crippen LogP contribution < -0.4 is 0 Å². The molecule has 2 aromatic heterocycles. The standard InChI is InChI=1S/C17H21N3OS/c21-17(16-9-15(18-19-16)13-5-6-13)20(14-3-1-2-4-14)10-12-7-8-22-11-12/h7-9,11,13-14H,1-6,10H2,(H,18,19). The molecule has 2 aliphatic rings. The van der Waals surface area contributed by atoms with E-state index < -0.39 is 0 Å². The first kappa shape index (κ1) is 14.0. The lowest BCUT2D eigenvalue weighted by Gasteiger charge is -2.28. The zero-order valence-corrected chi connectivity index (χ0v) is 13.4. The number of carbonyl (C=O) groups excluding carboxylic acids is 1. The van der Waals surface area contributed by atoms with Crippen molar-refractivity contribution < 1.29 is 4.79 Å². The van der Waals surface area contributed by atoms with Gasteiger partial charge < -0.3 is 4.90 Å². The molecule has 2 heterocycles. The molecule has 22 heavy (non-hydrogen) atoms. The Labute approximate surface area is 134 Å². The van der Waals surface area contributed by atoms with E-state index >= 15 is 0 Å². The number of hydrogen-bond acceptors (Lipinski definition) is 3. The van der Waals surface area contributed by atoms with Crippen LogP contribution in [0.2, 0.25) is 0 Å². The summed E-state index contributed by atoms with van der Waals surface area (Å²) in [6.45, 7) is 0.707. The quantitative estimate of drug-likeness (QED) is 0.908. The molecule has 0 atom stereocenters. The highest BCUT2D eigenvalue weighted by atomic mass is 32.1. The second-order valence-electron chi connectivity index (χ2n) is 6.49. The fourth-order valence-electron chi connectivity index (χ4n) is 3.36. The van der Waals surface area contributed by atoms with Crippen LogP contribution in [0.4, 0.5) is 0 Å². The van der Waals surface area contributed by atoms with E-state index in [2.05, 4.69) is 27.0 Å². The third-order valence-electron chi connectivity index (χ3n) is 4.79. The lowest BCUT2D eigenvalue weighted by Crippen LogP contribution is -2.38. The SMILES string of the molecule is O=C(c1cc(C2CC2)[nH]n1)N(Cc1ccsc1)C1CCCC1. The van der Waals surface area contributed by atoms with Crippen molar-refractivity contribution >= 4 is 17.2 Å². The Bertz CT molecular complexity index is 639. The zero-order chi connectivity index (χ0) is 14.9. The van der Waals surface area contributed by atoms with Gasteiger partial charge in [-0.25, -0.2) is 0 Å². The summed E-state index contributed by atoms with van der Waals surface area (Å²) in [6, 6.07) is 4.45. The summed E-state index contributed by atoms with van der Waals surface area (Å²) >= 11 is 1.69. The van der Waals surface area contributed by atoms with Crippen LogP contribution in [0.15, 0.2) is 22.9 Å². The van der Waals surface area contributed by atoms with Crippen molar-refractivity contribution in [3.8, 4) is 0 Å². The molecule has 1 N–H and O–H groups in total. The van der Waals surface area contributed by atoms with Crippen LogP contribution in [0.1, 0.15) is 66.2 Å². The molecule has 2 aliphatic carbocycles. The topological polar surface area (TPSA) is 49.0 Å². The first-order valence-corrected chi connectivity index (χ1v) is 9.13. The number of H-pyrrole nitrogens is 1. The van der Waals surface area contributed by atoms with Crippen LogP contribution in [0, 0.1) is 0 Å². The molecule has 0 aromatic carbocycles. The molecule has 0 aliphatic heterocycles. The summed E-state index contributed by atoms with van der Waals surface area (Å²) in [6.07, 6.45) is 7.14. The Morgan fingerprint density at radius 3 is 2.82 bits per heavy atom. The summed E-state index contributed by atoms with van der Waals surface area (Å²) < 4.78 is 0. The minimum absolute atomic E-state index is 0.0845. The van der Waals surface area contributed by atoms with Gasteiger partial charge in [0.05, 0.1) is 0 Å². The van der Waals surface area contributed by atoms with Crippen LogP contribution in [-0.4, -0.2) is 27.0 Å². The fourth-order valence-corrected chi connectivity index (χ4v) is 4.02. The monoisotopic (exact) mass is 315 g/mol. The maximum Gasteiger partial charge on any atom is 0.274 e. The van der Waals surface area contributed by atoms with Gasteiger partial charge in [0.25, 0.3) is 5.91 Å². The van der Waals surface area contributed by atoms with Crippen molar-refractivity contribution in [3.05, 3.63) is 39.8 Å². The van der Waals surface area contributed by atoms with Gasteiger partial charge in [-0.15, -0.1) is 0 Å². The van der Waals surface area contributed by atoms with E-state index in [0.717, 1.165) is 18.5 Å². The molecule has 2 fully saturated rings. The van der Waals surface area contributed by atoms with E-state index in [9.17, 15) is 4.79 Å². The van der Waals surface area contributed by atoms with E-state index in [4.69, 9.17) is 0 Å². The molecular weight excluding hydrogens is 294 g/mol. The van der Waals surface area contributed by atoms with Gasteiger partial charge in [0.15, 0.2) is 0 Å². The average Bonchev–Trinajstić information content (AvgIpc) is 3.02. The Morgan fingerprint density at radius 1 is 1.32 bits per heavy atom. The number of hydrogen-bond donors (Lipinski definition) is 1. The van der Waals surface area contributed by atoms with Gasteiger partial charge in [0.2, 0.25) is 0 Å². The van der Waals surface area contributed by atoms with Gasteiger partial charge in [-0.1, -0.05) is 12.8 Å². The second-order valence-corrected chi connectivity index (χ2v) is 7.27. The highest BCUT2D eigenvalue weighted by Crippen LogP contribution is 2.39. The second kappa shape index (κ2) is 5.88. The predicted octanol–water partition coefficient (Wildman–Crippen LogP) is 3.93. The molecule has 0 unspecified atom stereocenters. The minimum atomic E-state index is 0.0845. The van der Waals surface area contributed by atoms with E-state index in [-0.39, 0.29) is 5.91 Å². The summed E-state index contributed by atoms with van der Waals surface area (Å²) in [7, 11) is 0. The van der Waals surface area contributed by atoms with Gasteiger partial charge in [-0.3, -0.25) is 9.89 Å². The molecule has 116 valence electrons. The lowest BCUT2D eigenvalue weighted by molar-refractivity contribution is 0.0658. The molecule has 4 rings (SSSR count). The van der Waals surface area contributed by atoms with Crippen LogP contribution in [-0.2, 0) is 6.54 Å². The number of nitrogens with zero attached hydrogens (tertiary/aromatic N) is 2. The minimum Gasteiger partial charge on any atom is -0.330 e. The maximum absolute atomic E-state index is 13.0. The molecule has 0 spiro atoms. The molecule has 1 amide bonds. The normalized spacial score (nSPS) is 18.7. The molecule has 4 nitrogen and oxygen atoms in total. The first-order valence-electron chi connectivity index (χ1n) is 8.18. The van der Waals surface area contributed by atoms with E-state index in [1.54, 1.807) is 11.3 Å². The van der Waals surface area contributed by atoms with Crippen molar-refractivity contribution in [1.82, 2.24) is 15.1 Å². The van der Waals surface area contributed by atoms with Crippen LogP contribution in [0.5, 0.6) is 0 Å². The van der Waals surface area contributed by atoms with Gasteiger partial charge in [-0.05, 0) is 54.1 Å². The smallest absolute Gasteiger partial charge is 0.274 e. The zero-order valence-electron chi connectivity index (χ0n) is 12.6. The van der Waals surface area contributed by atoms with Gasteiger partial charge in [-0.2, -0.15) is 16.4 Å². The number of rotatable bonds is 5. The summed E-state index contributed by atoms with van der Waals surface area (Å²) in [4.78, 5) is 15.0. The van der Waals surface area contributed by atoms with E-state index in [1.807, 2.05) is 11.0 Å². The van der Waals surface area contributed by atoms with Gasteiger partial charge in [0.1, 0.15) is 5.69 Å². The molecule has 2 saturated carbocycles. The largest absolute Gasteiger partial charge is 0.330 e. The van der Waals surface area contributed by atoms with Gasteiger partial charge in [0, 0.05) is 24.2 Å². The number of carbonyl (C=O) groups is 1. The van der Waals surface area contributed by atoms with Crippen molar-refractivity contribution in [2.45, 2.75) is 57.0 Å². The molecule has 5 heteroatoms. The van der Waals surface area contributed by atoms with Crippen molar-refractivity contribution in [1.29, 1.82) is 0 Å². The highest BCUT2D eigenvalue weighted by molar-refractivity contribution is 7.07. The number of nitrogens with one attached hydrogen (secondary N) is 1. The van der Waals surface area contributed by atoms with Crippen molar-refractivity contribution in [2.75, 3.05) is 0 Å². The maximum atomic E-state index is 13.0. The number of aromatic amines is 1. The highest BCUT2D eigenvalue weighted by Gasteiger charge is 2.31. The third-order valence-corrected chi connectivity index (χ3v) is 5.53. The number of amides is 1. The van der Waals surface area contributed by atoms with Crippen molar-refractivity contribution in [2.24, 2.45) is 0 Å². The summed E-state index contributed by atoms with van der Waals surface area (Å²) in [5.74, 6) is 0.687. The van der Waals surface area contributed by atoms with Crippen LogP contribution in [0.25, 0.3) is 0 Å². The Hall–Kier alpha value is -1.62. The Morgan fingerprint density at radius 2 is 2.14 bits per heavy atom. The Kier molecular flexibility index (Phi) is 3.74. The molecular formula is C17H21N3OS. The first-order chi connectivity index (χ1) is 10.8. The third kappa shape index (κ3) is 2.82. The van der Waals surface area contributed by atoms with Crippen molar-refractivity contribution in [3.63, 3.8) is 0 Å². The number of thiophene rings is 1. The molecule has 2 aromatic rings. The van der Waals surface area contributed by atoms with E-state index in [1.165, 1.54) is 31.2 Å². The fraction of sp³-hybridized carbons (Fsp3) is 0.529. The molecule has 0 bridgehead atoms. The van der Waals surface area contributed by atoms with Crippen LogP contribution >= 0.6 is 11.3 Å². The Balaban J connectivity index is 1.55. The van der Waals surface area contributed by atoms with E-state index in [0.29, 0.717) is 24.2 Å². The lowest BCUT2D eigenvalue weighted by atomic mass is 10.1. The average molecular weight is 315 g/mol. The predicted molar refractivity (Wildman–Crippen MR) is 87.0 cm³/mol. The van der Waals surface area contributed by atoms with Crippen LogP contribution in [0.3, 0.4) is 0 Å². The molecule has 0 radical (unpaired) electrons. The summed E-state index contributed by atoms with van der Waals surface area (Å²) in [5.41, 5.74) is 2.94. The van der Waals surface area contributed by atoms with Gasteiger partial charge >= 0.3 is 0 Å².